The highest BCUT2D eigenvalue weighted by Gasteiger charge is 2.27. The maximum Gasteiger partial charge on any atom is 0.293 e. The standard InChI is InChI=1S/C22H29N9O2/c1-3-15-9-11-16(12-10-15)13-24-26-22(32)19-18(14-30(2)17-7-5-4-6-8-17)31(29-25-19)21-20(23)27-33-28-21/h9-13,17H,3-8,14H2,1-2H3,(H2,23,27)(H,26,32)/b24-13+. The molecular formula is C22H29N9O2. The number of nitrogens with two attached hydrogens (primary N) is 1. The van der Waals surface area contributed by atoms with E-state index >= 15 is 0 Å². The summed E-state index contributed by atoms with van der Waals surface area (Å²) in [6, 6.07) is 8.40. The van der Waals surface area contributed by atoms with Gasteiger partial charge in [0.05, 0.1) is 11.9 Å². The minimum Gasteiger partial charge on any atom is -0.378 e. The van der Waals surface area contributed by atoms with Crippen molar-refractivity contribution in [2.24, 2.45) is 5.10 Å². The molecule has 0 spiro atoms. The first-order chi connectivity index (χ1) is 16.1. The molecule has 174 valence electrons. The Balaban J connectivity index is 1.54. The van der Waals surface area contributed by atoms with Gasteiger partial charge >= 0.3 is 0 Å². The van der Waals surface area contributed by atoms with Crippen LogP contribution < -0.4 is 11.2 Å². The molecule has 11 heteroatoms. The summed E-state index contributed by atoms with van der Waals surface area (Å²) in [7, 11) is 2.04. The average Bonchev–Trinajstić information content (AvgIpc) is 3.45. The number of amides is 1. The lowest BCUT2D eigenvalue weighted by Gasteiger charge is -2.31. The zero-order valence-electron chi connectivity index (χ0n) is 18.9. The molecule has 4 rings (SSSR count). The van der Waals surface area contributed by atoms with Crippen LogP contribution in [0.25, 0.3) is 5.82 Å². The molecule has 3 aromatic rings. The molecule has 1 aliphatic rings. The van der Waals surface area contributed by atoms with Gasteiger partial charge in [-0.1, -0.05) is 55.7 Å². The number of nitrogens with one attached hydrogen (secondary N) is 1. The van der Waals surface area contributed by atoms with Gasteiger partial charge in [-0.2, -0.15) is 9.78 Å². The molecule has 2 heterocycles. The molecular weight excluding hydrogens is 422 g/mol. The molecule has 0 saturated heterocycles. The van der Waals surface area contributed by atoms with Crippen molar-refractivity contribution in [3.05, 3.63) is 46.8 Å². The Hall–Kier alpha value is -3.60. The predicted molar refractivity (Wildman–Crippen MR) is 123 cm³/mol. The zero-order chi connectivity index (χ0) is 23.2. The average molecular weight is 452 g/mol. The Morgan fingerprint density at radius 1 is 1.27 bits per heavy atom. The van der Waals surface area contributed by atoms with Gasteiger partial charge in [0.25, 0.3) is 5.91 Å². The number of hydrogen-bond acceptors (Lipinski definition) is 9. The third kappa shape index (κ3) is 5.25. The second-order valence-corrected chi connectivity index (χ2v) is 8.27. The van der Waals surface area contributed by atoms with E-state index in [1.54, 1.807) is 6.21 Å². The molecule has 0 radical (unpaired) electrons. The third-order valence-electron chi connectivity index (χ3n) is 6.04. The van der Waals surface area contributed by atoms with Gasteiger partial charge in [-0.05, 0) is 47.8 Å². The van der Waals surface area contributed by atoms with Crippen molar-refractivity contribution in [1.82, 2.24) is 35.6 Å². The minimum absolute atomic E-state index is 0.0713. The number of carbonyl (C=O) groups is 1. The Labute approximate surface area is 192 Å². The van der Waals surface area contributed by atoms with Crippen molar-refractivity contribution in [2.45, 2.75) is 58.0 Å². The molecule has 2 aromatic heterocycles. The molecule has 1 aliphatic carbocycles. The Bertz CT molecular complexity index is 1100. The number of nitrogen functional groups attached to an aromatic ring is 1. The SMILES string of the molecule is CCc1ccc(/C=N/NC(=O)c2nnn(-c3nonc3N)c2CN(C)C2CCCCC2)cc1. The number of hydrogen-bond donors (Lipinski definition) is 2. The second-order valence-electron chi connectivity index (χ2n) is 8.27. The largest absolute Gasteiger partial charge is 0.378 e. The maximum atomic E-state index is 12.9. The van der Waals surface area contributed by atoms with E-state index in [0.29, 0.717) is 18.3 Å². The Morgan fingerprint density at radius 2 is 2.03 bits per heavy atom. The van der Waals surface area contributed by atoms with Gasteiger partial charge in [-0.15, -0.1) is 5.10 Å². The summed E-state index contributed by atoms with van der Waals surface area (Å²) >= 11 is 0. The van der Waals surface area contributed by atoms with Crippen LogP contribution in [0, 0.1) is 0 Å². The fraction of sp³-hybridized carbons (Fsp3) is 0.455. The van der Waals surface area contributed by atoms with Crippen LogP contribution in [0.4, 0.5) is 5.82 Å². The van der Waals surface area contributed by atoms with Gasteiger partial charge in [0, 0.05) is 12.6 Å². The van der Waals surface area contributed by atoms with Crippen LogP contribution in [0.3, 0.4) is 0 Å². The lowest BCUT2D eigenvalue weighted by Crippen LogP contribution is -2.34. The fourth-order valence-electron chi connectivity index (χ4n) is 4.07. The summed E-state index contributed by atoms with van der Waals surface area (Å²) < 4.78 is 6.13. The van der Waals surface area contributed by atoms with Crippen molar-refractivity contribution in [3.63, 3.8) is 0 Å². The number of rotatable bonds is 8. The summed E-state index contributed by atoms with van der Waals surface area (Å²) in [5.41, 5.74) is 11.2. The van der Waals surface area contributed by atoms with Gasteiger partial charge in [0.1, 0.15) is 0 Å². The highest BCUT2D eigenvalue weighted by molar-refractivity contribution is 5.94. The normalized spacial score (nSPS) is 14.9. The van der Waals surface area contributed by atoms with Gasteiger partial charge in [-0.25, -0.2) is 10.1 Å². The highest BCUT2D eigenvalue weighted by Crippen LogP contribution is 2.24. The first-order valence-corrected chi connectivity index (χ1v) is 11.2. The second kappa shape index (κ2) is 10.3. The molecule has 1 saturated carbocycles. The Morgan fingerprint density at radius 3 is 2.70 bits per heavy atom. The lowest BCUT2D eigenvalue weighted by molar-refractivity contribution is 0.0947. The number of nitrogens with zero attached hydrogens (tertiary/aromatic N) is 7. The molecule has 1 amide bonds. The van der Waals surface area contributed by atoms with Crippen molar-refractivity contribution in [2.75, 3.05) is 12.8 Å². The third-order valence-corrected chi connectivity index (χ3v) is 6.04. The molecule has 1 fully saturated rings. The van der Waals surface area contributed by atoms with Crippen LogP contribution in [0.1, 0.15) is 66.3 Å². The number of benzene rings is 1. The van der Waals surface area contributed by atoms with E-state index in [1.807, 2.05) is 31.3 Å². The maximum absolute atomic E-state index is 12.9. The first-order valence-electron chi connectivity index (χ1n) is 11.2. The smallest absolute Gasteiger partial charge is 0.293 e. The summed E-state index contributed by atoms with van der Waals surface area (Å²) in [4.78, 5) is 15.1. The van der Waals surface area contributed by atoms with Crippen LogP contribution in [0.15, 0.2) is 34.0 Å². The van der Waals surface area contributed by atoms with E-state index in [4.69, 9.17) is 10.4 Å². The van der Waals surface area contributed by atoms with Crippen LogP contribution in [0.2, 0.25) is 0 Å². The zero-order valence-corrected chi connectivity index (χ0v) is 18.9. The first kappa shape index (κ1) is 22.6. The minimum atomic E-state index is -0.468. The summed E-state index contributed by atoms with van der Waals surface area (Å²) in [5, 5.41) is 19.7. The number of carbonyl (C=O) groups excluding carboxylic acids is 1. The van der Waals surface area contributed by atoms with E-state index in [-0.39, 0.29) is 17.3 Å². The van der Waals surface area contributed by atoms with Gasteiger partial charge < -0.3 is 5.73 Å². The van der Waals surface area contributed by atoms with Crippen LogP contribution in [0.5, 0.6) is 0 Å². The molecule has 33 heavy (non-hydrogen) atoms. The summed E-state index contributed by atoms with van der Waals surface area (Å²) in [6.45, 7) is 2.54. The van der Waals surface area contributed by atoms with Gasteiger partial charge in [0.15, 0.2) is 5.69 Å². The molecule has 0 bridgehead atoms. The van der Waals surface area contributed by atoms with Crippen molar-refractivity contribution >= 4 is 17.9 Å². The molecule has 0 unspecified atom stereocenters. The molecule has 0 aliphatic heterocycles. The molecule has 3 N–H and O–H groups in total. The monoisotopic (exact) mass is 451 g/mol. The molecule has 0 atom stereocenters. The predicted octanol–water partition coefficient (Wildman–Crippen LogP) is 2.32. The fourth-order valence-corrected chi connectivity index (χ4v) is 4.07. The number of hydrazone groups is 1. The van der Waals surface area contributed by atoms with E-state index in [9.17, 15) is 4.79 Å². The van der Waals surface area contributed by atoms with Crippen LogP contribution in [-0.2, 0) is 13.0 Å². The number of aromatic nitrogens is 5. The van der Waals surface area contributed by atoms with Crippen LogP contribution >= 0.6 is 0 Å². The van der Waals surface area contributed by atoms with E-state index in [0.717, 1.165) is 24.8 Å². The van der Waals surface area contributed by atoms with E-state index in [1.165, 1.54) is 29.5 Å². The topological polar surface area (TPSA) is 140 Å². The highest BCUT2D eigenvalue weighted by atomic mass is 16.6. The number of aryl methyl sites for hydroxylation is 1. The number of anilines is 1. The summed E-state index contributed by atoms with van der Waals surface area (Å²) in [6.07, 6.45) is 8.46. The summed E-state index contributed by atoms with van der Waals surface area (Å²) in [5.74, 6) is -0.195. The van der Waals surface area contributed by atoms with Crippen LogP contribution in [-0.4, -0.2) is 55.4 Å². The van der Waals surface area contributed by atoms with Crippen molar-refractivity contribution < 1.29 is 9.42 Å². The van der Waals surface area contributed by atoms with Gasteiger partial charge in [0.2, 0.25) is 11.6 Å². The molecule has 1 aromatic carbocycles. The Kier molecular flexibility index (Phi) is 7.08. The lowest BCUT2D eigenvalue weighted by atomic mass is 9.94. The van der Waals surface area contributed by atoms with E-state index < -0.39 is 5.91 Å². The van der Waals surface area contributed by atoms with E-state index in [2.05, 4.69) is 43.0 Å². The van der Waals surface area contributed by atoms with Gasteiger partial charge in [-0.3, -0.25) is 9.69 Å². The molecule has 11 nitrogen and oxygen atoms in total. The quantitative estimate of drug-likeness (QED) is 0.393. The van der Waals surface area contributed by atoms with Crippen molar-refractivity contribution in [3.8, 4) is 5.82 Å². The van der Waals surface area contributed by atoms with Crippen molar-refractivity contribution in [1.29, 1.82) is 0 Å².